The molecule has 4 aromatic carbocycles. The third kappa shape index (κ3) is 2.27. The van der Waals surface area contributed by atoms with Crippen molar-refractivity contribution in [3.8, 4) is 11.1 Å². The van der Waals surface area contributed by atoms with Gasteiger partial charge >= 0.3 is 0 Å². The van der Waals surface area contributed by atoms with Crippen LogP contribution in [0.5, 0.6) is 0 Å². The second-order valence-corrected chi connectivity index (χ2v) is 6.43. The third-order valence-electron chi connectivity index (χ3n) is 4.24. The average Bonchev–Trinajstić information content (AvgIpc) is 2.61. The zero-order valence-corrected chi connectivity index (χ0v) is 14.2. The molecule has 0 unspecified atom stereocenters. The SMILES string of the molecule is O=[N+]([O-])c1ccc2ccccc2c1-c1ccc(Br)c2ccccc12. The molecule has 0 N–H and O–H groups in total. The molecule has 0 amide bonds. The fourth-order valence-corrected chi connectivity index (χ4v) is 3.65. The summed E-state index contributed by atoms with van der Waals surface area (Å²) >= 11 is 3.57. The van der Waals surface area contributed by atoms with Gasteiger partial charge in [-0.3, -0.25) is 10.1 Å². The van der Waals surface area contributed by atoms with Crippen LogP contribution in [0, 0.1) is 10.1 Å². The fraction of sp³-hybridized carbons (Fsp3) is 0. The van der Waals surface area contributed by atoms with Crippen LogP contribution in [0.4, 0.5) is 5.69 Å². The summed E-state index contributed by atoms with van der Waals surface area (Å²) in [5.74, 6) is 0. The largest absolute Gasteiger partial charge is 0.277 e. The van der Waals surface area contributed by atoms with Crippen molar-refractivity contribution in [2.45, 2.75) is 0 Å². The highest BCUT2D eigenvalue weighted by Crippen LogP contribution is 2.41. The number of hydrogen-bond acceptors (Lipinski definition) is 2. The maximum atomic E-state index is 11.6. The van der Waals surface area contributed by atoms with Gasteiger partial charge in [0, 0.05) is 10.5 Å². The Balaban J connectivity index is 2.20. The van der Waals surface area contributed by atoms with E-state index in [1.807, 2.05) is 60.7 Å². The van der Waals surface area contributed by atoms with Crippen LogP contribution < -0.4 is 0 Å². The van der Waals surface area contributed by atoms with Gasteiger partial charge in [-0.2, -0.15) is 0 Å². The summed E-state index contributed by atoms with van der Waals surface area (Å²) in [5.41, 5.74) is 1.67. The second-order valence-electron chi connectivity index (χ2n) is 5.58. The fourth-order valence-electron chi connectivity index (χ4n) is 3.18. The van der Waals surface area contributed by atoms with Crippen molar-refractivity contribution in [1.82, 2.24) is 0 Å². The standard InChI is InChI=1S/C20H12BrNO2/c21-18-11-10-17(15-7-3-4-8-16(15)18)20-14-6-2-1-5-13(14)9-12-19(20)22(23)24/h1-12H. The number of nitrogens with zero attached hydrogens (tertiary/aromatic N) is 1. The molecule has 0 aromatic heterocycles. The normalized spacial score (nSPS) is 11.0. The first kappa shape index (κ1) is 14.8. The molecule has 3 nitrogen and oxygen atoms in total. The summed E-state index contributed by atoms with van der Waals surface area (Å²) in [6.07, 6.45) is 0. The Morgan fingerprint density at radius 2 is 1.42 bits per heavy atom. The minimum absolute atomic E-state index is 0.126. The lowest BCUT2D eigenvalue weighted by Crippen LogP contribution is -1.94. The summed E-state index contributed by atoms with van der Waals surface area (Å²) in [4.78, 5) is 11.3. The van der Waals surface area contributed by atoms with Crippen molar-refractivity contribution < 1.29 is 4.92 Å². The van der Waals surface area contributed by atoms with Gasteiger partial charge < -0.3 is 0 Å². The number of fused-ring (bicyclic) bond motifs is 2. The average molecular weight is 378 g/mol. The molecule has 0 radical (unpaired) electrons. The Kier molecular flexibility index (Phi) is 3.54. The van der Waals surface area contributed by atoms with Gasteiger partial charge in [-0.05, 0) is 39.2 Å². The van der Waals surface area contributed by atoms with Crippen LogP contribution in [0.3, 0.4) is 0 Å². The Hall–Kier alpha value is -2.72. The van der Waals surface area contributed by atoms with Crippen molar-refractivity contribution in [2.75, 3.05) is 0 Å². The first-order valence-electron chi connectivity index (χ1n) is 7.50. The van der Waals surface area contributed by atoms with Crippen LogP contribution in [0.2, 0.25) is 0 Å². The summed E-state index contributed by atoms with van der Waals surface area (Å²) < 4.78 is 0.977. The highest BCUT2D eigenvalue weighted by Gasteiger charge is 2.20. The van der Waals surface area contributed by atoms with Crippen LogP contribution in [0.25, 0.3) is 32.7 Å². The van der Waals surface area contributed by atoms with Gasteiger partial charge in [-0.25, -0.2) is 0 Å². The van der Waals surface area contributed by atoms with E-state index in [4.69, 9.17) is 0 Å². The number of nitro groups is 1. The van der Waals surface area contributed by atoms with Gasteiger partial charge in [-0.15, -0.1) is 0 Å². The summed E-state index contributed by atoms with van der Waals surface area (Å²) in [7, 11) is 0. The molecule has 0 fully saturated rings. The van der Waals surface area contributed by atoms with Crippen LogP contribution in [0.15, 0.2) is 77.3 Å². The molecule has 0 heterocycles. The lowest BCUT2D eigenvalue weighted by Gasteiger charge is -2.12. The topological polar surface area (TPSA) is 43.1 Å². The maximum absolute atomic E-state index is 11.6. The van der Waals surface area contributed by atoms with E-state index in [0.29, 0.717) is 5.56 Å². The molecule has 0 atom stereocenters. The van der Waals surface area contributed by atoms with Crippen molar-refractivity contribution in [3.05, 3.63) is 87.4 Å². The Bertz CT molecular complexity index is 1110. The van der Waals surface area contributed by atoms with E-state index in [1.54, 1.807) is 12.1 Å². The Morgan fingerprint density at radius 3 is 2.17 bits per heavy atom. The molecule has 0 aliphatic rings. The molecule has 4 aromatic rings. The highest BCUT2D eigenvalue weighted by molar-refractivity contribution is 9.10. The predicted molar refractivity (Wildman–Crippen MR) is 101 cm³/mol. The molecular weight excluding hydrogens is 366 g/mol. The molecule has 0 saturated heterocycles. The summed E-state index contributed by atoms with van der Waals surface area (Å²) in [5, 5.41) is 15.5. The summed E-state index contributed by atoms with van der Waals surface area (Å²) in [6, 6.07) is 23.0. The Morgan fingerprint density at radius 1 is 0.750 bits per heavy atom. The Labute approximate surface area is 146 Å². The lowest BCUT2D eigenvalue weighted by atomic mass is 9.92. The molecule has 0 aliphatic heterocycles. The first-order chi connectivity index (χ1) is 11.7. The molecule has 4 heteroatoms. The predicted octanol–water partition coefficient (Wildman–Crippen LogP) is 6.33. The monoisotopic (exact) mass is 377 g/mol. The van der Waals surface area contributed by atoms with Crippen LogP contribution in [-0.2, 0) is 0 Å². The third-order valence-corrected chi connectivity index (χ3v) is 4.94. The minimum Gasteiger partial charge on any atom is -0.258 e. The first-order valence-corrected chi connectivity index (χ1v) is 8.30. The summed E-state index contributed by atoms with van der Waals surface area (Å²) in [6.45, 7) is 0. The zero-order valence-electron chi connectivity index (χ0n) is 12.6. The molecular formula is C20H12BrNO2. The van der Waals surface area contributed by atoms with E-state index in [0.717, 1.165) is 31.6 Å². The van der Waals surface area contributed by atoms with E-state index >= 15 is 0 Å². The van der Waals surface area contributed by atoms with E-state index < -0.39 is 0 Å². The molecule has 116 valence electrons. The van der Waals surface area contributed by atoms with Crippen molar-refractivity contribution in [2.24, 2.45) is 0 Å². The molecule has 0 spiro atoms. The van der Waals surface area contributed by atoms with Crippen LogP contribution >= 0.6 is 15.9 Å². The lowest BCUT2D eigenvalue weighted by molar-refractivity contribution is -0.384. The quantitative estimate of drug-likeness (QED) is 0.302. The van der Waals surface area contributed by atoms with Gasteiger partial charge in [0.05, 0.1) is 10.5 Å². The van der Waals surface area contributed by atoms with E-state index in [-0.39, 0.29) is 10.6 Å². The number of halogens is 1. The molecule has 0 saturated carbocycles. The number of rotatable bonds is 2. The molecule has 0 bridgehead atoms. The molecule has 0 aliphatic carbocycles. The van der Waals surface area contributed by atoms with Crippen molar-refractivity contribution >= 4 is 43.2 Å². The van der Waals surface area contributed by atoms with Gasteiger partial charge in [0.15, 0.2) is 0 Å². The van der Waals surface area contributed by atoms with Gasteiger partial charge in [0.2, 0.25) is 0 Å². The van der Waals surface area contributed by atoms with Crippen molar-refractivity contribution in [1.29, 1.82) is 0 Å². The smallest absolute Gasteiger partial charge is 0.258 e. The van der Waals surface area contributed by atoms with Crippen LogP contribution in [-0.4, -0.2) is 4.92 Å². The number of hydrogen-bond donors (Lipinski definition) is 0. The van der Waals surface area contributed by atoms with E-state index in [9.17, 15) is 10.1 Å². The van der Waals surface area contributed by atoms with Gasteiger partial charge in [-0.1, -0.05) is 70.5 Å². The van der Waals surface area contributed by atoms with Crippen molar-refractivity contribution in [3.63, 3.8) is 0 Å². The molecule has 24 heavy (non-hydrogen) atoms. The highest BCUT2D eigenvalue weighted by atomic mass is 79.9. The maximum Gasteiger partial charge on any atom is 0.277 e. The molecule has 4 rings (SSSR count). The number of nitro benzene ring substituents is 1. The van der Waals surface area contributed by atoms with Gasteiger partial charge in [0.1, 0.15) is 0 Å². The van der Waals surface area contributed by atoms with Gasteiger partial charge in [0.25, 0.3) is 5.69 Å². The zero-order chi connectivity index (χ0) is 16.7. The second kappa shape index (κ2) is 5.73. The minimum atomic E-state index is -0.307. The van der Waals surface area contributed by atoms with Crippen LogP contribution in [0.1, 0.15) is 0 Å². The van der Waals surface area contributed by atoms with E-state index in [1.165, 1.54) is 0 Å². The van der Waals surface area contributed by atoms with E-state index in [2.05, 4.69) is 15.9 Å². The number of benzene rings is 4.